The Kier molecular flexibility index (Phi) is 8.12. The van der Waals surface area contributed by atoms with Crippen molar-refractivity contribution in [3.63, 3.8) is 0 Å². The molecule has 0 aliphatic carbocycles. The minimum atomic E-state index is -3.96. The quantitative estimate of drug-likeness (QED) is 0.294. The fourth-order valence-electron chi connectivity index (χ4n) is 3.43. The van der Waals surface area contributed by atoms with Crippen molar-refractivity contribution in [2.24, 2.45) is 0 Å². The average Bonchev–Trinajstić information content (AvgIpc) is 2.88. The summed E-state index contributed by atoms with van der Waals surface area (Å²) in [6, 6.07) is 22.4. The van der Waals surface area contributed by atoms with Crippen molar-refractivity contribution in [3.05, 3.63) is 96.8 Å². The number of carbonyl (C=O) groups is 1. The van der Waals surface area contributed by atoms with Crippen molar-refractivity contribution >= 4 is 43.3 Å². The predicted octanol–water partition coefficient (Wildman–Crippen LogP) is 3.78. The summed E-state index contributed by atoms with van der Waals surface area (Å²) in [5.41, 5.74) is 1.16. The fraction of sp³-hybridized carbons (Fsp3) is 0.115. The zero-order valence-electron chi connectivity index (χ0n) is 21.0. The minimum Gasteiger partial charge on any atom is -0.457 e. The second kappa shape index (κ2) is 11.5. The van der Waals surface area contributed by atoms with E-state index >= 15 is 0 Å². The number of rotatable bonds is 10. The van der Waals surface area contributed by atoms with Gasteiger partial charge in [-0.2, -0.15) is 0 Å². The van der Waals surface area contributed by atoms with E-state index in [-0.39, 0.29) is 22.2 Å². The maximum atomic E-state index is 12.7. The Morgan fingerprint density at radius 1 is 0.872 bits per heavy atom. The first-order chi connectivity index (χ1) is 18.5. The smallest absolute Gasteiger partial charge is 0.264 e. The van der Waals surface area contributed by atoms with Crippen LogP contribution in [-0.2, 0) is 24.8 Å². The summed E-state index contributed by atoms with van der Waals surface area (Å²) < 4.78 is 59.1. The van der Waals surface area contributed by atoms with Gasteiger partial charge in [0.1, 0.15) is 18.0 Å². The zero-order valence-corrected chi connectivity index (χ0v) is 22.6. The lowest BCUT2D eigenvalue weighted by Crippen LogP contribution is -2.37. The third-order valence-corrected chi connectivity index (χ3v) is 7.74. The molecule has 0 radical (unpaired) electrons. The van der Waals surface area contributed by atoms with Crippen LogP contribution in [0.5, 0.6) is 11.5 Å². The van der Waals surface area contributed by atoms with Gasteiger partial charge in [-0.1, -0.05) is 18.2 Å². The van der Waals surface area contributed by atoms with E-state index in [1.165, 1.54) is 42.6 Å². The highest BCUT2D eigenvalue weighted by Crippen LogP contribution is 2.25. The summed E-state index contributed by atoms with van der Waals surface area (Å²) in [7, 11) is -7.76. The van der Waals surface area contributed by atoms with E-state index in [1.54, 1.807) is 37.3 Å². The lowest BCUT2D eigenvalue weighted by molar-refractivity contribution is -0.114. The largest absolute Gasteiger partial charge is 0.457 e. The molecule has 0 atom stereocenters. The van der Waals surface area contributed by atoms with Crippen LogP contribution in [0, 0.1) is 6.92 Å². The molecule has 202 valence electrons. The third kappa shape index (κ3) is 7.52. The number of anilines is 3. The number of sulfonamides is 2. The molecule has 0 fully saturated rings. The summed E-state index contributed by atoms with van der Waals surface area (Å²) in [6.45, 7) is 1.21. The molecule has 4 rings (SSSR count). The Morgan fingerprint density at radius 3 is 2.13 bits per heavy atom. The Bertz CT molecular complexity index is 1660. The molecule has 0 spiro atoms. The molecule has 2 N–H and O–H groups in total. The number of para-hydroxylation sites is 1. The monoisotopic (exact) mass is 567 g/mol. The van der Waals surface area contributed by atoms with E-state index in [9.17, 15) is 21.6 Å². The van der Waals surface area contributed by atoms with Gasteiger partial charge < -0.3 is 10.1 Å². The molecule has 3 aromatic carbocycles. The summed E-state index contributed by atoms with van der Waals surface area (Å²) in [6.07, 6.45) is 2.44. The highest BCUT2D eigenvalue weighted by atomic mass is 32.2. The van der Waals surface area contributed by atoms with Crippen molar-refractivity contribution in [2.45, 2.75) is 11.8 Å². The first-order valence-corrected chi connectivity index (χ1v) is 14.9. The van der Waals surface area contributed by atoms with Gasteiger partial charge >= 0.3 is 0 Å². The van der Waals surface area contributed by atoms with Crippen LogP contribution in [-0.4, -0.2) is 45.5 Å². The van der Waals surface area contributed by atoms with Crippen molar-refractivity contribution in [2.75, 3.05) is 27.1 Å². The topological polar surface area (TPSA) is 148 Å². The number of hydrogen-bond donors (Lipinski definition) is 2. The molecule has 0 aliphatic rings. The maximum absolute atomic E-state index is 12.7. The van der Waals surface area contributed by atoms with Crippen LogP contribution >= 0.6 is 0 Å². The first-order valence-electron chi connectivity index (χ1n) is 11.5. The van der Waals surface area contributed by atoms with Crippen LogP contribution in [0.3, 0.4) is 0 Å². The summed E-state index contributed by atoms with van der Waals surface area (Å²) in [5, 5.41) is 2.58. The maximum Gasteiger partial charge on any atom is 0.264 e. The number of ether oxygens (including phenoxy) is 1. The molecular formula is C26H25N5O6S2. The van der Waals surface area contributed by atoms with E-state index in [2.05, 4.69) is 20.0 Å². The molecule has 0 saturated heterocycles. The normalized spacial score (nSPS) is 11.4. The molecule has 0 bridgehead atoms. The summed E-state index contributed by atoms with van der Waals surface area (Å²) >= 11 is 0. The Labute approximate surface area is 226 Å². The second-order valence-corrected chi connectivity index (χ2v) is 12.0. The molecule has 0 saturated carbocycles. The van der Waals surface area contributed by atoms with Gasteiger partial charge in [0.2, 0.25) is 21.9 Å². The van der Waals surface area contributed by atoms with Crippen molar-refractivity contribution in [1.82, 2.24) is 9.97 Å². The number of carbonyl (C=O) groups excluding carboxylic acids is 1. The molecule has 1 amide bonds. The SMILES string of the molecule is Cc1ccnc(NS(=O)(=O)c2ccc(NC(=O)CN(c3ccc(Oc4ccccc4)cc3)S(C)(=O)=O)cc2)n1. The van der Waals surface area contributed by atoms with E-state index in [1.807, 2.05) is 18.2 Å². The Morgan fingerprint density at radius 2 is 1.51 bits per heavy atom. The van der Waals surface area contributed by atoms with Crippen LogP contribution in [0.15, 0.2) is 96.0 Å². The number of nitrogens with zero attached hydrogens (tertiary/aromatic N) is 3. The zero-order chi connectivity index (χ0) is 28.0. The lowest BCUT2D eigenvalue weighted by Gasteiger charge is -2.22. The van der Waals surface area contributed by atoms with Crippen LogP contribution in [0.1, 0.15) is 5.69 Å². The van der Waals surface area contributed by atoms with E-state index < -0.39 is 32.5 Å². The van der Waals surface area contributed by atoms with E-state index in [0.29, 0.717) is 17.2 Å². The van der Waals surface area contributed by atoms with E-state index in [4.69, 9.17) is 4.74 Å². The van der Waals surface area contributed by atoms with Gasteiger partial charge in [-0.15, -0.1) is 0 Å². The highest BCUT2D eigenvalue weighted by Gasteiger charge is 2.22. The molecule has 1 heterocycles. The van der Waals surface area contributed by atoms with Crippen LogP contribution in [0.4, 0.5) is 17.3 Å². The molecule has 1 aromatic heterocycles. The summed E-state index contributed by atoms with van der Waals surface area (Å²) in [4.78, 5) is 20.5. The lowest BCUT2D eigenvalue weighted by atomic mass is 10.3. The predicted molar refractivity (Wildman–Crippen MR) is 148 cm³/mol. The second-order valence-electron chi connectivity index (χ2n) is 8.38. The summed E-state index contributed by atoms with van der Waals surface area (Å²) in [5.74, 6) is 0.448. The number of hydrogen-bond acceptors (Lipinski definition) is 8. The molecule has 11 nitrogen and oxygen atoms in total. The number of aromatic nitrogens is 2. The van der Waals surface area contributed by atoms with Crippen LogP contribution in [0.2, 0.25) is 0 Å². The number of aryl methyl sites for hydroxylation is 1. The van der Waals surface area contributed by atoms with Crippen LogP contribution in [0.25, 0.3) is 0 Å². The fourth-order valence-corrected chi connectivity index (χ4v) is 5.24. The average molecular weight is 568 g/mol. The molecule has 0 unspecified atom stereocenters. The van der Waals surface area contributed by atoms with Gasteiger partial charge in [0.15, 0.2) is 0 Å². The Hall–Kier alpha value is -4.49. The first kappa shape index (κ1) is 27.5. The van der Waals surface area contributed by atoms with Gasteiger partial charge in [-0.25, -0.2) is 31.5 Å². The van der Waals surface area contributed by atoms with E-state index in [0.717, 1.165) is 10.6 Å². The van der Waals surface area contributed by atoms with Gasteiger partial charge in [-0.3, -0.25) is 9.10 Å². The molecule has 13 heteroatoms. The van der Waals surface area contributed by atoms with Gasteiger partial charge in [0.05, 0.1) is 16.8 Å². The molecule has 0 aliphatic heterocycles. The molecular weight excluding hydrogens is 542 g/mol. The number of nitrogens with one attached hydrogen (secondary N) is 2. The number of benzene rings is 3. The van der Waals surface area contributed by atoms with Crippen molar-refractivity contribution < 1.29 is 26.4 Å². The molecule has 4 aromatic rings. The van der Waals surface area contributed by atoms with Gasteiger partial charge in [0.25, 0.3) is 10.0 Å². The van der Waals surface area contributed by atoms with Crippen LogP contribution < -0.4 is 19.1 Å². The van der Waals surface area contributed by atoms with Gasteiger partial charge in [-0.05, 0) is 73.7 Å². The Balaban J connectivity index is 1.42. The third-order valence-electron chi connectivity index (χ3n) is 5.26. The standard InChI is InChI=1S/C26H25N5O6S2/c1-19-16-17-27-26(28-19)30-39(35,36)24-14-8-20(9-15-24)29-25(32)18-31(38(2,33)34)21-10-12-23(13-11-21)37-22-6-4-3-5-7-22/h3-17H,18H2,1-2H3,(H,29,32)(H,27,28,30). The number of amides is 1. The van der Waals surface area contributed by atoms with Crippen molar-refractivity contribution in [1.29, 1.82) is 0 Å². The minimum absolute atomic E-state index is 0.0621. The van der Waals surface area contributed by atoms with Crippen molar-refractivity contribution in [3.8, 4) is 11.5 Å². The highest BCUT2D eigenvalue weighted by molar-refractivity contribution is 7.92. The molecule has 39 heavy (non-hydrogen) atoms. The van der Waals surface area contributed by atoms with Gasteiger partial charge in [0, 0.05) is 17.6 Å².